The second-order valence-corrected chi connectivity index (χ2v) is 5.86. The van der Waals surface area contributed by atoms with Gasteiger partial charge in [0.15, 0.2) is 0 Å². The van der Waals surface area contributed by atoms with Gasteiger partial charge in [-0.1, -0.05) is 13.3 Å². The monoisotopic (exact) mass is 277 g/mol. The van der Waals surface area contributed by atoms with Gasteiger partial charge in [-0.05, 0) is 51.7 Å². The molecule has 0 amide bonds. The number of hydrogen-bond acceptors (Lipinski definition) is 4. The molecule has 2 N–H and O–H groups in total. The second kappa shape index (κ2) is 6.82. The first-order valence-electron chi connectivity index (χ1n) is 7.81. The highest BCUT2D eigenvalue weighted by atomic mass is 16.5. The minimum Gasteiger partial charge on any atom is -0.473 e. The van der Waals surface area contributed by atoms with Crippen LogP contribution in [0.25, 0.3) is 0 Å². The Labute approximate surface area is 122 Å². The molecule has 0 aromatic carbocycles. The Morgan fingerprint density at radius 3 is 2.90 bits per heavy atom. The summed E-state index contributed by atoms with van der Waals surface area (Å²) < 4.78 is 5.71. The number of hydrogen-bond donors (Lipinski definition) is 1. The van der Waals surface area contributed by atoms with Crippen LogP contribution in [-0.4, -0.2) is 23.7 Å². The lowest BCUT2D eigenvalue weighted by molar-refractivity contribution is 0.234. The maximum absolute atomic E-state index is 5.95. The molecule has 20 heavy (non-hydrogen) atoms. The van der Waals surface area contributed by atoms with Gasteiger partial charge in [-0.2, -0.15) is 4.98 Å². The molecule has 1 aromatic rings. The quantitative estimate of drug-likeness (QED) is 0.893. The second-order valence-electron chi connectivity index (χ2n) is 5.86. The summed E-state index contributed by atoms with van der Waals surface area (Å²) in [5, 5.41) is 0. The molecule has 0 radical (unpaired) electrons. The van der Waals surface area contributed by atoms with Crippen LogP contribution in [0.5, 0.6) is 5.88 Å². The largest absolute Gasteiger partial charge is 0.473 e. The summed E-state index contributed by atoms with van der Waals surface area (Å²) in [6.07, 6.45) is 6.36. The van der Waals surface area contributed by atoms with Crippen LogP contribution in [0.1, 0.15) is 52.9 Å². The molecule has 1 fully saturated rings. The van der Waals surface area contributed by atoms with Crippen LogP contribution in [0.4, 0.5) is 11.5 Å². The Morgan fingerprint density at radius 2 is 2.20 bits per heavy atom. The minimum atomic E-state index is 0.0906. The smallest absolute Gasteiger partial charge is 0.239 e. The molecule has 0 aliphatic carbocycles. The first kappa shape index (κ1) is 14.9. The van der Waals surface area contributed by atoms with Crippen LogP contribution in [0.3, 0.4) is 0 Å². The zero-order valence-corrected chi connectivity index (χ0v) is 12.9. The summed E-state index contributed by atoms with van der Waals surface area (Å²) in [6.45, 7) is 7.32. The van der Waals surface area contributed by atoms with Crippen molar-refractivity contribution in [2.75, 3.05) is 17.2 Å². The molecule has 1 aromatic heterocycles. The molecule has 1 aliphatic rings. The van der Waals surface area contributed by atoms with E-state index in [1.165, 1.54) is 32.1 Å². The van der Waals surface area contributed by atoms with Gasteiger partial charge < -0.3 is 15.4 Å². The lowest BCUT2D eigenvalue weighted by atomic mass is 9.98. The molecule has 0 bridgehead atoms. The molecule has 0 spiro atoms. The van der Waals surface area contributed by atoms with Crippen molar-refractivity contribution < 1.29 is 4.74 Å². The summed E-state index contributed by atoms with van der Waals surface area (Å²) in [5.74, 6) is 1.58. The highest BCUT2D eigenvalue weighted by Crippen LogP contribution is 2.29. The van der Waals surface area contributed by atoms with Crippen molar-refractivity contribution in [1.82, 2.24) is 4.98 Å². The van der Waals surface area contributed by atoms with Crippen LogP contribution in [0.2, 0.25) is 0 Å². The number of nitrogen functional groups attached to an aromatic ring is 1. The molecule has 1 aliphatic heterocycles. The summed E-state index contributed by atoms with van der Waals surface area (Å²) in [5.41, 5.74) is 6.57. The molecule has 112 valence electrons. The zero-order valence-electron chi connectivity index (χ0n) is 12.9. The Kier molecular flexibility index (Phi) is 5.10. The highest BCUT2D eigenvalue weighted by molar-refractivity contribution is 5.55. The van der Waals surface area contributed by atoms with Gasteiger partial charge in [-0.15, -0.1) is 0 Å². The van der Waals surface area contributed by atoms with E-state index in [0.29, 0.717) is 17.6 Å². The summed E-state index contributed by atoms with van der Waals surface area (Å²) in [4.78, 5) is 7.08. The maximum atomic E-state index is 5.95. The number of nitrogens with zero attached hydrogens (tertiary/aromatic N) is 2. The zero-order chi connectivity index (χ0) is 14.5. The van der Waals surface area contributed by atoms with E-state index in [1.807, 2.05) is 26.0 Å². The Bertz CT molecular complexity index is 432. The molecular weight excluding hydrogens is 250 g/mol. The third-order valence-corrected chi connectivity index (χ3v) is 3.77. The van der Waals surface area contributed by atoms with Crippen LogP contribution in [-0.2, 0) is 0 Å². The summed E-state index contributed by atoms with van der Waals surface area (Å²) in [6, 6.07) is 4.55. The van der Waals surface area contributed by atoms with Gasteiger partial charge in [0.25, 0.3) is 0 Å². The average molecular weight is 277 g/mol. The summed E-state index contributed by atoms with van der Waals surface area (Å²) in [7, 11) is 0. The average Bonchev–Trinajstić information content (AvgIpc) is 2.42. The molecule has 4 heteroatoms. The number of nitrogens with two attached hydrogens (primary N) is 1. The molecule has 1 atom stereocenters. The van der Waals surface area contributed by atoms with E-state index in [2.05, 4.69) is 16.8 Å². The standard InChI is InChI=1S/C16H27N3O/c1-4-7-13-8-5-6-11-19(13)15-10-9-14(17)16(18-15)20-12(2)3/h9-10,12-13H,4-8,11,17H2,1-3H3. The van der Waals surface area contributed by atoms with E-state index < -0.39 is 0 Å². The van der Waals surface area contributed by atoms with Crippen molar-refractivity contribution in [3.63, 3.8) is 0 Å². The maximum Gasteiger partial charge on any atom is 0.239 e. The lowest BCUT2D eigenvalue weighted by Crippen LogP contribution is -2.40. The van der Waals surface area contributed by atoms with Crippen LogP contribution in [0, 0.1) is 0 Å². The van der Waals surface area contributed by atoms with Crippen molar-refractivity contribution >= 4 is 11.5 Å². The van der Waals surface area contributed by atoms with E-state index >= 15 is 0 Å². The number of ether oxygens (including phenoxy) is 1. The predicted molar refractivity (Wildman–Crippen MR) is 84.3 cm³/mol. The fraction of sp³-hybridized carbons (Fsp3) is 0.688. The molecule has 0 saturated carbocycles. The molecular formula is C16H27N3O. The number of anilines is 2. The van der Waals surface area contributed by atoms with Crippen molar-refractivity contribution in [2.45, 2.75) is 65.0 Å². The lowest BCUT2D eigenvalue weighted by Gasteiger charge is -2.37. The molecule has 4 nitrogen and oxygen atoms in total. The van der Waals surface area contributed by atoms with Gasteiger partial charge in [0.05, 0.1) is 11.8 Å². The van der Waals surface area contributed by atoms with Crippen molar-refractivity contribution in [2.24, 2.45) is 0 Å². The van der Waals surface area contributed by atoms with Gasteiger partial charge in [0.1, 0.15) is 5.82 Å². The number of aromatic nitrogens is 1. The van der Waals surface area contributed by atoms with E-state index in [1.54, 1.807) is 0 Å². The van der Waals surface area contributed by atoms with Crippen LogP contribution in [0.15, 0.2) is 12.1 Å². The Hall–Kier alpha value is -1.45. The predicted octanol–water partition coefficient (Wildman–Crippen LogP) is 3.61. The fourth-order valence-corrected chi connectivity index (χ4v) is 2.85. The van der Waals surface area contributed by atoms with E-state index in [0.717, 1.165) is 12.4 Å². The van der Waals surface area contributed by atoms with Gasteiger partial charge in [-0.3, -0.25) is 0 Å². The van der Waals surface area contributed by atoms with Gasteiger partial charge in [0, 0.05) is 12.6 Å². The highest BCUT2D eigenvalue weighted by Gasteiger charge is 2.23. The third-order valence-electron chi connectivity index (χ3n) is 3.77. The van der Waals surface area contributed by atoms with Gasteiger partial charge in [0.2, 0.25) is 5.88 Å². The number of rotatable bonds is 5. The molecule has 2 heterocycles. The fourth-order valence-electron chi connectivity index (χ4n) is 2.85. The number of piperidine rings is 1. The third kappa shape index (κ3) is 3.56. The molecule has 1 unspecified atom stereocenters. The minimum absolute atomic E-state index is 0.0906. The van der Waals surface area contributed by atoms with E-state index in [-0.39, 0.29) is 6.10 Å². The Balaban J connectivity index is 2.21. The van der Waals surface area contributed by atoms with E-state index in [9.17, 15) is 0 Å². The van der Waals surface area contributed by atoms with Gasteiger partial charge >= 0.3 is 0 Å². The van der Waals surface area contributed by atoms with E-state index in [4.69, 9.17) is 10.5 Å². The van der Waals surface area contributed by atoms with Crippen molar-refractivity contribution in [3.05, 3.63) is 12.1 Å². The first-order chi connectivity index (χ1) is 9.61. The van der Waals surface area contributed by atoms with Crippen molar-refractivity contribution in [3.8, 4) is 5.88 Å². The van der Waals surface area contributed by atoms with Crippen LogP contribution >= 0.6 is 0 Å². The Morgan fingerprint density at radius 1 is 1.40 bits per heavy atom. The van der Waals surface area contributed by atoms with Crippen molar-refractivity contribution in [1.29, 1.82) is 0 Å². The van der Waals surface area contributed by atoms with Gasteiger partial charge in [-0.25, -0.2) is 0 Å². The summed E-state index contributed by atoms with van der Waals surface area (Å²) >= 11 is 0. The normalized spacial score (nSPS) is 19.4. The molecule has 2 rings (SSSR count). The molecule has 1 saturated heterocycles. The van der Waals surface area contributed by atoms with Crippen LogP contribution < -0.4 is 15.4 Å². The SMILES string of the molecule is CCCC1CCCCN1c1ccc(N)c(OC(C)C)n1. The number of pyridine rings is 1. The topological polar surface area (TPSA) is 51.4 Å². The first-order valence-corrected chi connectivity index (χ1v) is 7.81.